The van der Waals surface area contributed by atoms with Gasteiger partial charge in [0.25, 0.3) is 0 Å². The van der Waals surface area contributed by atoms with Gasteiger partial charge in [0.1, 0.15) is 16.9 Å². The Morgan fingerprint density at radius 2 is 1.69 bits per heavy atom. The molecule has 3 aliphatic heterocycles. The molecule has 3 aromatic rings. The summed E-state index contributed by atoms with van der Waals surface area (Å²) in [7, 11) is 1.66. The Bertz CT molecular complexity index is 1180. The molecule has 0 radical (unpaired) electrons. The van der Waals surface area contributed by atoms with Crippen LogP contribution in [0.3, 0.4) is 0 Å². The summed E-state index contributed by atoms with van der Waals surface area (Å²) in [6, 6.07) is 26.2. The van der Waals surface area contributed by atoms with Crippen LogP contribution >= 0.6 is 0 Å². The van der Waals surface area contributed by atoms with Crippen molar-refractivity contribution in [2.75, 3.05) is 19.0 Å². The summed E-state index contributed by atoms with van der Waals surface area (Å²) in [4.78, 5) is 16.5. The van der Waals surface area contributed by atoms with E-state index in [2.05, 4.69) is 48.6 Å². The normalized spacial score (nSPS) is 30.3. The molecule has 0 unspecified atom stereocenters. The van der Waals surface area contributed by atoms with E-state index in [1.165, 1.54) is 0 Å². The van der Waals surface area contributed by atoms with Crippen LogP contribution in [0.4, 0.5) is 5.69 Å². The molecule has 1 N–H and O–H groups in total. The zero-order chi connectivity index (χ0) is 21.9. The predicted molar refractivity (Wildman–Crippen MR) is 122 cm³/mol. The van der Waals surface area contributed by atoms with Crippen molar-refractivity contribution in [2.45, 2.75) is 36.6 Å². The summed E-state index contributed by atoms with van der Waals surface area (Å²) < 4.78 is 11.7. The standard InChI is InChI=1S/C27H26N2O3/c1-26-17-27(25(30)29(26)23(16-32-26)18-8-4-3-5-9-18)21-10-6-7-11-22(21)28-24(27)19-12-14-20(31-2)15-13-19/h3-15,23-24,28H,16-17H2,1-2H3/t23-,24-,26-,27-/m1/s1. The first-order valence-corrected chi connectivity index (χ1v) is 11.1. The number of para-hydroxylation sites is 1. The molecule has 32 heavy (non-hydrogen) atoms. The number of carbonyl (C=O) groups excluding carboxylic acids is 1. The van der Waals surface area contributed by atoms with Gasteiger partial charge in [-0.25, -0.2) is 0 Å². The van der Waals surface area contributed by atoms with E-state index in [1.807, 2.05) is 47.4 Å². The number of methoxy groups -OCH3 is 1. The second-order valence-corrected chi connectivity index (χ2v) is 9.13. The van der Waals surface area contributed by atoms with E-state index >= 15 is 0 Å². The zero-order valence-corrected chi connectivity index (χ0v) is 18.2. The first kappa shape index (κ1) is 19.4. The van der Waals surface area contributed by atoms with E-state index in [4.69, 9.17) is 9.47 Å². The second kappa shape index (κ2) is 6.84. The van der Waals surface area contributed by atoms with Gasteiger partial charge in [0.05, 0.1) is 25.8 Å². The van der Waals surface area contributed by atoms with E-state index in [0.29, 0.717) is 13.0 Å². The largest absolute Gasteiger partial charge is 0.497 e. The van der Waals surface area contributed by atoms with Crippen LogP contribution < -0.4 is 10.1 Å². The van der Waals surface area contributed by atoms with Gasteiger partial charge in [0, 0.05) is 12.1 Å². The highest BCUT2D eigenvalue weighted by Gasteiger charge is 2.68. The summed E-state index contributed by atoms with van der Waals surface area (Å²) in [6.45, 7) is 2.58. The Kier molecular flexibility index (Phi) is 4.14. The number of ether oxygens (including phenoxy) is 2. The van der Waals surface area contributed by atoms with Crippen LogP contribution in [0.2, 0.25) is 0 Å². The lowest BCUT2D eigenvalue weighted by Gasteiger charge is -2.32. The maximum Gasteiger partial charge on any atom is 0.238 e. The molecule has 1 spiro atoms. The van der Waals surface area contributed by atoms with Gasteiger partial charge in [0.2, 0.25) is 5.91 Å². The Hall–Kier alpha value is -3.31. The smallest absolute Gasteiger partial charge is 0.238 e. The monoisotopic (exact) mass is 426 g/mol. The predicted octanol–water partition coefficient (Wildman–Crippen LogP) is 4.82. The Labute approximate surface area is 188 Å². The highest BCUT2D eigenvalue weighted by atomic mass is 16.5. The molecule has 0 aliphatic carbocycles. The van der Waals surface area contributed by atoms with Gasteiger partial charge < -0.3 is 19.7 Å². The fourth-order valence-electron chi connectivity index (χ4n) is 5.99. The molecule has 3 aromatic carbocycles. The van der Waals surface area contributed by atoms with Crippen molar-refractivity contribution in [3.05, 3.63) is 95.6 Å². The molecule has 2 saturated heterocycles. The third-order valence-electron chi connectivity index (χ3n) is 7.41. The molecule has 0 aromatic heterocycles. The van der Waals surface area contributed by atoms with Crippen LogP contribution in [0.25, 0.3) is 0 Å². The fraction of sp³-hybridized carbons (Fsp3) is 0.296. The molecule has 162 valence electrons. The van der Waals surface area contributed by atoms with E-state index < -0.39 is 11.1 Å². The number of nitrogens with one attached hydrogen (secondary N) is 1. The minimum atomic E-state index is -0.729. The van der Waals surface area contributed by atoms with Crippen LogP contribution in [-0.2, 0) is 14.9 Å². The van der Waals surface area contributed by atoms with Crippen LogP contribution in [0.5, 0.6) is 5.75 Å². The third kappa shape index (κ3) is 2.51. The maximum absolute atomic E-state index is 14.5. The SMILES string of the molecule is COc1ccc([C@H]2Nc3ccccc3[C@]23C[C@@]2(C)OC[C@H](c4ccccc4)N2C3=O)cc1. The van der Waals surface area contributed by atoms with Crippen molar-refractivity contribution >= 4 is 11.6 Å². The van der Waals surface area contributed by atoms with Crippen LogP contribution in [0, 0.1) is 0 Å². The minimum absolute atomic E-state index is 0.0858. The highest BCUT2D eigenvalue weighted by Crippen LogP contribution is 2.61. The first-order valence-electron chi connectivity index (χ1n) is 11.1. The van der Waals surface area contributed by atoms with E-state index in [0.717, 1.165) is 28.1 Å². The van der Waals surface area contributed by atoms with Crippen LogP contribution in [-0.4, -0.2) is 30.2 Å². The van der Waals surface area contributed by atoms with Crippen molar-refractivity contribution in [3.8, 4) is 5.75 Å². The molecule has 2 fully saturated rings. The molecule has 4 atom stereocenters. The maximum atomic E-state index is 14.5. The van der Waals surface area contributed by atoms with Gasteiger partial charge >= 0.3 is 0 Å². The number of anilines is 1. The lowest BCUT2D eigenvalue weighted by molar-refractivity contribution is -0.139. The Balaban J connectivity index is 1.49. The average molecular weight is 427 g/mol. The fourth-order valence-corrected chi connectivity index (χ4v) is 5.99. The molecular weight excluding hydrogens is 400 g/mol. The molecule has 5 nitrogen and oxygen atoms in total. The van der Waals surface area contributed by atoms with Gasteiger partial charge in [0.15, 0.2) is 0 Å². The first-order chi connectivity index (χ1) is 15.6. The quantitative estimate of drug-likeness (QED) is 0.652. The van der Waals surface area contributed by atoms with Gasteiger partial charge in [-0.1, -0.05) is 60.7 Å². The topological polar surface area (TPSA) is 50.8 Å². The van der Waals surface area contributed by atoms with Gasteiger partial charge in [-0.3, -0.25) is 4.79 Å². The summed E-state index contributed by atoms with van der Waals surface area (Å²) in [5.41, 5.74) is 2.87. The number of rotatable bonds is 3. The number of hydrogen-bond acceptors (Lipinski definition) is 4. The van der Waals surface area contributed by atoms with Crippen molar-refractivity contribution in [3.63, 3.8) is 0 Å². The lowest BCUT2D eigenvalue weighted by Crippen LogP contribution is -2.43. The van der Waals surface area contributed by atoms with Crippen LogP contribution in [0.1, 0.15) is 42.1 Å². The number of amides is 1. The molecule has 3 aliphatic rings. The number of fused-ring (bicyclic) bond motifs is 3. The molecule has 3 heterocycles. The van der Waals surface area contributed by atoms with Crippen molar-refractivity contribution in [1.82, 2.24) is 4.90 Å². The summed E-state index contributed by atoms with van der Waals surface area (Å²) in [5, 5.41) is 3.67. The molecule has 0 saturated carbocycles. The number of carbonyl (C=O) groups is 1. The lowest BCUT2D eigenvalue weighted by atomic mass is 9.71. The number of nitrogens with zero attached hydrogens (tertiary/aromatic N) is 1. The zero-order valence-electron chi connectivity index (χ0n) is 18.2. The van der Waals surface area contributed by atoms with Crippen molar-refractivity contribution in [2.24, 2.45) is 0 Å². The number of benzene rings is 3. The molecule has 5 heteroatoms. The highest BCUT2D eigenvalue weighted by molar-refractivity contribution is 5.97. The van der Waals surface area contributed by atoms with Gasteiger partial charge in [-0.15, -0.1) is 0 Å². The Morgan fingerprint density at radius 1 is 0.969 bits per heavy atom. The van der Waals surface area contributed by atoms with E-state index in [1.54, 1.807) is 7.11 Å². The third-order valence-corrected chi connectivity index (χ3v) is 7.41. The molecular formula is C27H26N2O3. The Morgan fingerprint density at radius 3 is 2.44 bits per heavy atom. The van der Waals surface area contributed by atoms with Gasteiger partial charge in [-0.2, -0.15) is 0 Å². The van der Waals surface area contributed by atoms with E-state index in [9.17, 15) is 4.79 Å². The van der Waals surface area contributed by atoms with Gasteiger partial charge in [-0.05, 0) is 41.8 Å². The summed E-state index contributed by atoms with van der Waals surface area (Å²) in [5.74, 6) is 0.931. The van der Waals surface area contributed by atoms with Crippen molar-refractivity contribution in [1.29, 1.82) is 0 Å². The molecule has 6 rings (SSSR count). The van der Waals surface area contributed by atoms with Crippen LogP contribution in [0.15, 0.2) is 78.9 Å². The summed E-state index contributed by atoms with van der Waals surface area (Å²) >= 11 is 0. The minimum Gasteiger partial charge on any atom is -0.497 e. The molecule has 1 amide bonds. The molecule has 0 bridgehead atoms. The second-order valence-electron chi connectivity index (χ2n) is 9.13. The number of hydrogen-bond donors (Lipinski definition) is 1. The summed E-state index contributed by atoms with van der Waals surface area (Å²) in [6.07, 6.45) is 0.600. The van der Waals surface area contributed by atoms with Crippen molar-refractivity contribution < 1.29 is 14.3 Å². The van der Waals surface area contributed by atoms with E-state index in [-0.39, 0.29) is 18.0 Å². The average Bonchev–Trinajstić information content (AvgIpc) is 3.42.